The van der Waals surface area contributed by atoms with Crippen LogP contribution in [0.2, 0.25) is 0 Å². The Balaban J connectivity index is 2.41. The Morgan fingerprint density at radius 3 is 2.40 bits per heavy atom. The van der Waals surface area contributed by atoms with Gasteiger partial charge in [-0.15, -0.1) is 12.6 Å². The fourth-order valence-corrected chi connectivity index (χ4v) is 1.96. The van der Waals surface area contributed by atoms with Gasteiger partial charge < -0.3 is 4.74 Å². The highest BCUT2D eigenvalue weighted by molar-refractivity contribution is 7.80. The summed E-state index contributed by atoms with van der Waals surface area (Å²) in [7, 11) is 1.53. The molecule has 102 valence electrons. The molecule has 20 heavy (non-hydrogen) atoms. The number of benzene rings is 2. The number of ketones is 1. The first-order chi connectivity index (χ1) is 9.52. The molecular weight excluding hydrogens is 278 g/mol. The number of methoxy groups -OCH3 is 1. The molecule has 0 aliphatic heterocycles. The van der Waals surface area contributed by atoms with E-state index in [1.807, 2.05) is 0 Å². The van der Waals surface area contributed by atoms with Crippen LogP contribution < -0.4 is 4.74 Å². The van der Waals surface area contributed by atoms with Gasteiger partial charge in [0.05, 0.1) is 12.0 Å². The molecule has 0 saturated heterocycles. The molecule has 0 N–H and O–H groups in total. The van der Waals surface area contributed by atoms with E-state index in [0.717, 1.165) is 0 Å². The van der Waals surface area contributed by atoms with Gasteiger partial charge in [0.1, 0.15) is 5.75 Å². The van der Waals surface area contributed by atoms with E-state index < -0.39 is 4.92 Å². The second-order valence-corrected chi connectivity index (χ2v) is 4.50. The average molecular weight is 289 g/mol. The van der Waals surface area contributed by atoms with Crippen LogP contribution in [-0.4, -0.2) is 17.8 Å². The highest BCUT2D eigenvalue weighted by Gasteiger charge is 2.16. The van der Waals surface area contributed by atoms with Crippen molar-refractivity contribution in [2.45, 2.75) is 4.90 Å². The zero-order chi connectivity index (χ0) is 14.7. The van der Waals surface area contributed by atoms with Crippen LogP contribution in [0.4, 0.5) is 5.69 Å². The van der Waals surface area contributed by atoms with Crippen LogP contribution in [0.1, 0.15) is 15.9 Å². The number of nitrogens with zero attached hydrogens (tertiary/aromatic N) is 1. The van der Waals surface area contributed by atoms with E-state index in [1.54, 1.807) is 24.3 Å². The van der Waals surface area contributed by atoms with Crippen molar-refractivity contribution in [1.29, 1.82) is 0 Å². The Labute approximate surface area is 120 Å². The Bertz CT molecular complexity index is 667. The van der Waals surface area contributed by atoms with Gasteiger partial charge in [-0.1, -0.05) is 0 Å². The van der Waals surface area contributed by atoms with Crippen LogP contribution in [-0.2, 0) is 0 Å². The molecule has 5 nitrogen and oxygen atoms in total. The molecule has 6 heteroatoms. The summed E-state index contributed by atoms with van der Waals surface area (Å²) in [6.07, 6.45) is 0. The Hall–Kier alpha value is -2.34. The zero-order valence-corrected chi connectivity index (χ0v) is 11.5. The predicted molar refractivity (Wildman–Crippen MR) is 76.8 cm³/mol. The minimum Gasteiger partial charge on any atom is -0.497 e. The van der Waals surface area contributed by atoms with Crippen molar-refractivity contribution in [2.24, 2.45) is 0 Å². The molecule has 0 aliphatic rings. The van der Waals surface area contributed by atoms with Crippen molar-refractivity contribution in [3.63, 3.8) is 0 Å². The number of hydrogen-bond acceptors (Lipinski definition) is 5. The van der Waals surface area contributed by atoms with E-state index in [4.69, 9.17) is 4.74 Å². The van der Waals surface area contributed by atoms with Crippen LogP contribution in [0.3, 0.4) is 0 Å². The number of nitro groups is 1. The minimum atomic E-state index is -0.544. The molecule has 0 bridgehead atoms. The molecule has 0 aromatic heterocycles. The molecule has 0 heterocycles. The quantitative estimate of drug-likeness (QED) is 0.406. The van der Waals surface area contributed by atoms with Crippen molar-refractivity contribution in [3.05, 3.63) is 63.7 Å². The molecule has 0 spiro atoms. The van der Waals surface area contributed by atoms with Gasteiger partial charge in [0.2, 0.25) is 0 Å². The van der Waals surface area contributed by atoms with Gasteiger partial charge in [-0.3, -0.25) is 14.9 Å². The Morgan fingerprint density at radius 1 is 1.20 bits per heavy atom. The molecule has 0 radical (unpaired) electrons. The topological polar surface area (TPSA) is 69.4 Å². The van der Waals surface area contributed by atoms with Crippen molar-refractivity contribution in [1.82, 2.24) is 0 Å². The second-order valence-electron chi connectivity index (χ2n) is 4.02. The summed E-state index contributed by atoms with van der Waals surface area (Å²) < 4.78 is 5.01. The number of carbonyl (C=O) groups is 1. The maximum absolute atomic E-state index is 12.3. The molecule has 0 aliphatic carbocycles. The summed E-state index contributed by atoms with van der Waals surface area (Å²) in [4.78, 5) is 22.9. The third-order valence-corrected chi connectivity index (χ3v) is 3.18. The SMILES string of the molecule is COc1ccc(C(=O)c2cc([N+](=O)[O-])ccc2S)cc1. The van der Waals surface area contributed by atoms with E-state index in [2.05, 4.69) is 12.6 Å². The largest absolute Gasteiger partial charge is 0.497 e. The van der Waals surface area contributed by atoms with E-state index in [1.165, 1.54) is 25.3 Å². The van der Waals surface area contributed by atoms with Crippen molar-refractivity contribution in [3.8, 4) is 5.75 Å². The first-order valence-electron chi connectivity index (χ1n) is 5.69. The number of rotatable bonds is 4. The maximum Gasteiger partial charge on any atom is 0.270 e. The molecular formula is C14H11NO4S. The smallest absolute Gasteiger partial charge is 0.270 e. The monoisotopic (exact) mass is 289 g/mol. The third-order valence-electron chi connectivity index (χ3n) is 2.79. The molecule has 0 amide bonds. The van der Waals surface area contributed by atoms with Gasteiger partial charge in [-0.25, -0.2) is 0 Å². The molecule has 0 unspecified atom stereocenters. The number of ether oxygens (including phenoxy) is 1. The van der Waals surface area contributed by atoms with Crippen molar-refractivity contribution < 1.29 is 14.5 Å². The highest BCUT2D eigenvalue weighted by atomic mass is 32.1. The molecule has 0 saturated carbocycles. The van der Waals surface area contributed by atoms with E-state index >= 15 is 0 Å². The van der Waals surface area contributed by atoms with Crippen LogP contribution in [0.25, 0.3) is 0 Å². The average Bonchev–Trinajstić information content (AvgIpc) is 2.47. The van der Waals surface area contributed by atoms with Crippen LogP contribution >= 0.6 is 12.6 Å². The van der Waals surface area contributed by atoms with E-state index in [-0.39, 0.29) is 17.0 Å². The van der Waals surface area contributed by atoms with Crippen molar-refractivity contribution in [2.75, 3.05) is 7.11 Å². The van der Waals surface area contributed by atoms with Gasteiger partial charge in [0.25, 0.3) is 5.69 Å². The standard InChI is InChI=1S/C14H11NO4S/c1-19-11-5-2-9(3-6-11)14(16)12-8-10(15(17)18)4-7-13(12)20/h2-8,20H,1H3. The van der Waals surface area contributed by atoms with Gasteiger partial charge in [0.15, 0.2) is 5.78 Å². The molecule has 0 atom stereocenters. The van der Waals surface area contributed by atoms with Gasteiger partial charge in [-0.05, 0) is 30.3 Å². The minimum absolute atomic E-state index is 0.139. The number of nitro benzene ring substituents is 1. The van der Waals surface area contributed by atoms with Crippen LogP contribution in [0.15, 0.2) is 47.4 Å². The first kappa shape index (κ1) is 14.1. The summed E-state index contributed by atoms with van der Waals surface area (Å²) in [5.41, 5.74) is 0.481. The number of non-ortho nitro benzene ring substituents is 1. The normalized spacial score (nSPS) is 10.1. The lowest BCUT2D eigenvalue weighted by Gasteiger charge is -2.05. The zero-order valence-electron chi connectivity index (χ0n) is 10.6. The van der Waals surface area contributed by atoms with Crippen LogP contribution in [0.5, 0.6) is 5.75 Å². The lowest BCUT2D eigenvalue weighted by atomic mass is 10.0. The maximum atomic E-state index is 12.3. The fourth-order valence-electron chi connectivity index (χ4n) is 1.72. The van der Waals surface area contributed by atoms with E-state index in [9.17, 15) is 14.9 Å². The van der Waals surface area contributed by atoms with Gasteiger partial charge in [-0.2, -0.15) is 0 Å². The first-order valence-corrected chi connectivity index (χ1v) is 6.14. The van der Waals surface area contributed by atoms with Gasteiger partial charge in [0, 0.05) is 28.2 Å². The number of thiol groups is 1. The third kappa shape index (κ3) is 2.80. The van der Waals surface area contributed by atoms with Gasteiger partial charge >= 0.3 is 0 Å². The summed E-state index contributed by atoms with van der Waals surface area (Å²) in [5.74, 6) is 0.313. The molecule has 2 aromatic rings. The molecule has 2 aromatic carbocycles. The summed E-state index contributed by atoms with van der Waals surface area (Å²) in [6, 6.07) is 10.5. The number of carbonyl (C=O) groups excluding carboxylic acids is 1. The van der Waals surface area contributed by atoms with E-state index in [0.29, 0.717) is 16.2 Å². The van der Waals surface area contributed by atoms with Crippen LogP contribution in [0, 0.1) is 10.1 Å². The number of hydrogen-bond donors (Lipinski definition) is 1. The second kappa shape index (κ2) is 5.75. The Kier molecular flexibility index (Phi) is 4.05. The lowest BCUT2D eigenvalue weighted by molar-refractivity contribution is -0.384. The summed E-state index contributed by atoms with van der Waals surface area (Å²) in [6.45, 7) is 0. The highest BCUT2D eigenvalue weighted by Crippen LogP contribution is 2.24. The summed E-state index contributed by atoms with van der Waals surface area (Å²) >= 11 is 4.17. The molecule has 0 fully saturated rings. The van der Waals surface area contributed by atoms with Crippen molar-refractivity contribution >= 4 is 24.1 Å². The molecule has 2 rings (SSSR count). The lowest BCUT2D eigenvalue weighted by Crippen LogP contribution is -2.03. The Morgan fingerprint density at radius 2 is 1.85 bits per heavy atom. The fraction of sp³-hybridized carbons (Fsp3) is 0.0714. The predicted octanol–water partition coefficient (Wildman–Crippen LogP) is 3.12. The summed E-state index contributed by atoms with van der Waals surface area (Å²) in [5, 5.41) is 10.8.